The molecule has 1 amide bonds. The molecule has 96 valence electrons. The van der Waals surface area contributed by atoms with Gasteiger partial charge in [0.15, 0.2) is 5.01 Å². The molecule has 0 N–H and O–H groups in total. The lowest BCUT2D eigenvalue weighted by Crippen LogP contribution is -2.42. The van der Waals surface area contributed by atoms with Gasteiger partial charge in [0.1, 0.15) is 0 Å². The van der Waals surface area contributed by atoms with Crippen LogP contribution in [-0.2, 0) is 0 Å². The highest BCUT2D eigenvalue weighted by Crippen LogP contribution is 2.34. The monoisotopic (exact) mass is 270 g/mol. The first kappa shape index (κ1) is 11.2. The van der Waals surface area contributed by atoms with Gasteiger partial charge in [-0.2, -0.15) is 0 Å². The van der Waals surface area contributed by atoms with Gasteiger partial charge in [0.2, 0.25) is 0 Å². The van der Waals surface area contributed by atoms with Crippen molar-refractivity contribution in [2.24, 2.45) is 0 Å². The Morgan fingerprint density at radius 3 is 3.05 bits per heavy atom. The summed E-state index contributed by atoms with van der Waals surface area (Å²) < 4.78 is 1.09. The lowest BCUT2D eigenvalue weighted by atomic mass is 10.1. The normalized spacial score (nSPS) is 25.2. The fourth-order valence-electron chi connectivity index (χ4n) is 3.12. The van der Waals surface area contributed by atoms with E-state index in [2.05, 4.69) is 17.1 Å². The first-order valence-electron chi connectivity index (χ1n) is 6.68. The molecule has 0 saturated carbocycles. The fourth-order valence-corrected chi connectivity index (χ4v) is 4.03. The number of carbonyl (C=O) groups excluding carboxylic acids is 1. The fraction of sp³-hybridized carbons (Fsp3) is 0.333. The van der Waals surface area contributed by atoms with Crippen LogP contribution in [0.2, 0.25) is 0 Å². The molecule has 1 aromatic carbocycles. The second-order valence-corrected chi connectivity index (χ2v) is 6.19. The molecule has 1 saturated heterocycles. The molecule has 1 fully saturated rings. The van der Waals surface area contributed by atoms with E-state index in [4.69, 9.17) is 0 Å². The number of aromatic nitrogens is 1. The maximum absolute atomic E-state index is 12.7. The number of rotatable bonds is 1. The number of nitrogens with zero attached hydrogens (tertiary/aromatic N) is 2. The first-order chi connectivity index (χ1) is 9.33. The van der Waals surface area contributed by atoms with Crippen LogP contribution < -0.4 is 0 Å². The van der Waals surface area contributed by atoms with Gasteiger partial charge in [-0.3, -0.25) is 4.79 Å². The molecular weight excluding hydrogens is 256 g/mol. The van der Waals surface area contributed by atoms with Crippen molar-refractivity contribution < 1.29 is 4.79 Å². The summed E-state index contributed by atoms with van der Waals surface area (Å²) in [6.07, 6.45) is 7.60. The molecule has 2 aliphatic rings. The van der Waals surface area contributed by atoms with Crippen molar-refractivity contribution in [3.05, 3.63) is 41.4 Å². The average molecular weight is 270 g/mol. The van der Waals surface area contributed by atoms with E-state index in [1.165, 1.54) is 11.3 Å². The van der Waals surface area contributed by atoms with E-state index in [-0.39, 0.29) is 5.91 Å². The van der Waals surface area contributed by atoms with Gasteiger partial charge in [-0.05, 0) is 31.4 Å². The molecule has 2 aliphatic heterocycles. The van der Waals surface area contributed by atoms with Crippen LogP contribution in [0.5, 0.6) is 0 Å². The third-order valence-corrected chi connectivity index (χ3v) is 5.05. The van der Waals surface area contributed by atoms with Crippen molar-refractivity contribution in [3.8, 4) is 0 Å². The maximum Gasteiger partial charge on any atom is 0.283 e. The number of amides is 1. The lowest BCUT2D eigenvalue weighted by molar-refractivity contribution is 0.0689. The van der Waals surface area contributed by atoms with E-state index in [1.807, 2.05) is 29.2 Å². The second kappa shape index (κ2) is 4.17. The Hall–Kier alpha value is -1.68. The first-order valence-corrected chi connectivity index (χ1v) is 7.49. The number of hydrogen-bond donors (Lipinski definition) is 0. The van der Waals surface area contributed by atoms with Gasteiger partial charge in [0.05, 0.1) is 16.3 Å². The highest BCUT2D eigenvalue weighted by Gasteiger charge is 2.38. The number of carbonyl (C=O) groups is 1. The smallest absolute Gasteiger partial charge is 0.283 e. The molecule has 0 spiro atoms. The van der Waals surface area contributed by atoms with Crippen LogP contribution in [0.1, 0.15) is 29.1 Å². The SMILES string of the molecule is O=C(c1nc2ccccc2s1)N1C2C=CCC1CC2. The van der Waals surface area contributed by atoms with Crippen molar-refractivity contribution in [3.63, 3.8) is 0 Å². The summed E-state index contributed by atoms with van der Waals surface area (Å²) in [5.41, 5.74) is 0.927. The molecule has 1 aromatic heterocycles. The predicted octanol–water partition coefficient (Wildman–Crippen LogP) is 3.23. The molecule has 3 heterocycles. The molecule has 2 bridgehead atoms. The van der Waals surface area contributed by atoms with Gasteiger partial charge in [-0.1, -0.05) is 24.3 Å². The van der Waals surface area contributed by atoms with Crippen LogP contribution in [0, 0.1) is 0 Å². The molecule has 2 atom stereocenters. The Morgan fingerprint density at radius 1 is 1.32 bits per heavy atom. The summed E-state index contributed by atoms with van der Waals surface area (Å²) in [5.74, 6) is 0.109. The highest BCUT2D eigenvalue weighted by molar-refractivity contribution is 7.20. The van der Waals surface area contributed by atoms with Crippen LogP contribution in [0.3, 0.4) is 0 Å². The minimum atomic E-state index is 0.109. The Kier molecular flexibility index (Phi) is 2.45. The summed E-state index contributed by atoms with van der Waals surface area (Å²) in [6.45, 7) is 0. The number of hydrogen-bond acceptors (Lipinski definition) is 3. The summed E-state index contributed by atoms with van der Waals surface area (Å²) in [7, 11) is 0. The topological polar surface area (TPSA) is 33.2 Å². The predicted molar refractivity (Wildman–Crippen MR) is 76.4 cm³/mol. The van der Waals surface area contributed by atoms with Crippen LogP contribution in [0.4, 0.5) is 0 Å². The van der Waals surface area contributed by atoms with E-state index in [0.717, 1.165) is 29.5 Å². The van der Waals surface area contributed by atoms with Gasteiger partial charge in [0, 0.05) is 6.04 Å². The van der Waals surface area contributed by atoms with E-state index in [1.54, 1.807) is 0 Å². The molecule has 4 heteroatoms. The number of thiazole rings is 1. The van der Waals surface area contributed by atoms with Crippen molar-refractivity contribution in [1.29, 1.82) is 0 Å². The minimum Gasteiger partial charge on any atom is -0.327 e. The molecule has 3 nitrogen and oxygen atoms in total. The third kappa shape index (κ3) is 1.70. The quantitative estimate of drug-likeness (QED) is 0.745. The zero-order chi connectivity index (χ0) is 12.8. The van der Waals surface area contributed by atoms with Crippen molar-refractivity contribution in [1.82, 2.24) is 9.88 Å². The molecule has 0 aliphatic carbocycles. The van der Waals surface area contributed by atoms with Gasteiger partial charge < -0.3 is 4.90 Å². The van der Waals surface area contributed by atoms with Crippen molar-refractivity contribution in [2.45, 2.75) is 31.3 Å². The summed E-state index contributed by atoms with van der Waals surface area (Å²) in [5, 5.41) is 0.633. The van der Waals surface area contributed by atoms with E-state index < -0.39 is 0 Å². The number of benzene rings is 1. The number of fused-ring (bicyclic) bond motifs is 3. The molecule has 2 aromatic rings. The van der Waals surface area contributed by atoms with Crippen LogP contribution in [0.25, 0.3) is 10.2 Å². The Labute approximate surface area is 115 Å². The zero-order valence-corrected chi connectivity index (χ0v) is 11.3. The van der Waals surface area contributed by atoms with E-state index >= 15 is 0 Å². The summed E-state index contributed by atoms with van der Waals surface area (Å²) in [4.78, 5) is 19.2. The molecule has 19 heavy (non-hydrogen) atoms. The van der Waals surface area contributed by atoms with Crippen molar-refractivity contribution >= 4 is 27.5 Å². The molecular formula is C15H14N2OS. The average Bonchev–Trinajstić information content (AvgIpc) is 2.97. The maximum atomic E-state index is 12.7. The van der Waals surface area contributed by atoms with Crippen LogP contribution in [-0.4, -0.2) is 27.9 Å². The zero-order valence-electron chi connectivity index (χ0n) is 10.5. The Bertz CT molecular complexity index is 643. The lowest BCUT2D eigenvalue weighted by Gasteiger charge is -2.30. The standard InChI is InChI=1S/C15H14N2OS/c18-15(17-10-4-3-5-11(17)9-8-10)14-16-12-6-1-2-7-13(12)19-14/h1-4,6-7,10-11H,5,8-9H2. The highest BCUT2D eigenvalue weighted by atomic mass is 32.1. The molecule has 4 rings (SSSR count). The second-order valence-electron chi connectivity index (χ2n) is 5.16. The summed E-state index contributed by atoms with van der Waals surface area (Å²) >= 11 is 1.50. The Balaban J connectivity index is 1.72. The van der Waals surface area contributed by atoms with E-state index in [0.29, 0.717) is 17.1 Å². The largest absolute Gasteiger partial charge is 0.327 e. The number of para-hydroxylation sites is 1. The van der Waals surface area contributed by atoms with E-state index in [9.17, 15) is 4.79 Å². The summed E-state index contributed by atoms with van der Waals surface area (Å²) in [6, 6.07) is 8.61. The molecule has 2 unspecified atom stereocenters. The van der Waals surface area contributed by atoms with Crippen LogP contribution in [0.15, 0.2) is 36.4 Å². The third-order valence-electron chi connectivity index (χ3n) is 4.02. The van der Waals surface area contributed by atoms with Gasteiger partial charge in [0.25, 0.3) is 5.91 Å². The van der Waals surface area contributed by atoms with Crippen LogP contribution >= 0.6 is 11.3 Å². The van der Waals surface area contributed by atoms with Gasteiger partial charge in [-0.25, -0.2) is 4.98 Å². The van der Waals surface area contributed by atoms with Gasteiger partial charge in [-0.15, -0.1) is 11.3 Å². The molecule has 0 radical (unpaired) electrons. The van der Waals surface area contributed by atoms with Crippen molar-refractivity contribution in [2.75, 3.05) is 0 Å². The Morgan fingerprint density at radius 2 is 2.21 bits per heavy atom. The minimum absolute atomic E-state index is 0.109. The van der Waals surface area contributed by atoms with Gasteiger partial charge >= 0.3 is 0 Å².